The zero-order chi connectivity index (χ0) is 19.6. The molecule has 4 nitrogen and oxygen atoms in total. The van der Waals surface area contributed by atoms with Crippen LogP contribution in [0.25, 0.3) is 0 Å². The number of hydrogen-bond acceptors (Lipinski definition) is 4. The molecule has 0 aromatic rings. The highest BCUT2D eigenvalue weighted by Crippen LogP contribution is 2.50. The molecule has 0 saturated heterocycles. The molecule has 1 saturated carbocycles. The molecule has 0 spiro atoms. The lowest BCUT2D eigenvalue weighted by Crippen LogP contribution is -2.43. The summed E-state index contributed by atoms with van der Waals surface area (Å²) >= 11 is 0. The predicted molar refractivity (Wildman–Crippen MR) is 104 cm³/mol. The Morgan fingerprint density at radius 2 is 1.36 bits per heavy atom. The molecule has 0 bridgehead atoms. The number of ether oxygens (including phenoxy) is 2. The largest absolute Gasteiger partial charge is 0.468 e. The number of carbonyl (C=O) groups excluding carboxylic acids is 2. The predicted octanol–water partition coefficient (Wildman–Crippen LogP) is 4.81. The van der Waals surface area contributed by atoms with Crippen molar-refractivity contribution in [2.24, 2.45) is 5.41 Å². The van der Waals surface area contributed by atoms with E-state index in [1.807, 2.05) is 0 Å². The van der Waals surface area contributed by atoms with Gasteiger partial charge in [0.1, 0.15) is 0 Å². The Hall–Kier alpha value is -1.36. The minimum atomic E-state index is -1.81. The summed E-state index contributed by atoms with van der Waals surface area (Å²) in [6.45, 7) is 17.9. The first-order chi connectivity index (χ1) is 11.5. The first-order valence-corrected chi connectivity index (χ1v) is 11.4. The fourth-order valence-electron chi connectivity index (χ4n) is 4.71. The van der Waals surface area contributed by atoms with E-state index in [4.69, 9.17) is 9.47 Å². The summed E-state index contributed by atoms with van der Waals surface area (Å²) in [6, 6.07) is 0. The molecule has 0 N–H and O–H groups in total. The minimum absolute atomic E-state index is 0.275. The van der Waals surface area contributed by atoms with E-state index in [-0.39, 0.29) is 6.42 Å². The van der Waals surface area contributed by atoms with Gasteiger partial charge in [-0.2, -0.15) is 0 Å². The Bertz CT molecular complexity index is 534. The van der Waals surface area contributed by atoms with Crippen molar-refractivity contribution in [3.8, 4) is 0 Å². The summed E-state index contributed by atoms with van der Waals surface area (Å²) in [6.07, 6.45) is 0.600. The van der Waals surface area contributed by atoms with E-state index in [1.165, 1.54) is 14.2 Å². The van der Waals surface area contributed by atoms with Gasteiger partial charge in [-0.1, -0.05) is 65.0 Å². The molecule has 1 aliphatic rings. The van der Waals surface area contributed by atoms with Gasteiger partial charge in [-0.15, -0.1) is 0 Å². The average molecular weight is 367 g/mol. The molecule has 0 atom stereocenters. The fraction of sp³-hybridized carbons (Fsp3) is 0.700. The normalized spacial score (nSPS) is 19.2. The van der Waals surface area contributed by atoms with E-state index in [2.05, 4.69) is 53.8 Å². The lowest BCUT2D eigenvalue weighted by atomic mass is 9.86. The highest BCUT2D eigenvalue weighted by molar-refractivity contribution is 6.88. The van der Waals surface area contributed by atoms with Crippen LogP contribution in [0.15, 0.2) is 23.4 Å². The third-order valence-electron chi connectivity index (χ3n) is 6.04. The molecule has 0 heterocycles. The molecule has 5 heteroatoms. The van der Waals surface area contributed by atoms with Crippen LogP contribution in [-0.4, -0.2) is 34.2 Å². The Kier molecular flexibility index (Phi) is 6.85. The van der Waals surface area contributed by atoms with Gasteiger partial charge in [0.15, 0.2) is 5.41 Å². The van der Waals surface area contributed by atoms with Crippen molar-refractivity contribution in [2.45, 2.75) is 71.0 Å². The first-order valence-electron chi connectivity index (χ1n) is 9.06. The van der Waals surface area contributed by atoms with E-state index in [1.54, 1.807) is 0 Å². The Morgan fingerprint density at radius 3 is 1.68 bits per heavy atom. The summed E-state index contributed by atoms with van der Waals surface area (Å²) in [4.78, 5) is 24.8. The van der Waals surface area contributed by atoms with Crippen LogP contribution in [0.1, 0.15) is 54.4 Å². The lowest BCUT2D eigenvalue weighted by molar-refractivity contribution is -0.168. The van der Waals surface area contributed by atoms with Crippen molar-refractivity contribution >= 4 is 20.0 Å². The molecule has 1 fully saturated rings. The molecular formula is C20H34O4Si. The Morgan fingerprint density at radius 1 is 0.960 bits per heavy atom. The van der Waals surface area contributed by atoms with Crippen molar-refractivity contribution < 1.29 is 19.1 Å². The quantitative estimate of drug-likeness (QED) is 0.384. The van der Waals surface area contributed by atoms with Gasteiger partial charge < -0.3 is 9.47 Å². The summed E-state index contributed by atoms with van der Waals surface area (Å²) in [7, 11) is 0.811. The van der Waals surface area contributed by atoms with Crippen molar-refractivity contribution in [3.05, 3.63) is 23.4 Å². The standard InChI is InChI=1S/C20H34O4Si/c1-13(2)25(14(3)4,15(5)6)12-17-11-20(10-16(17)7,18(21)23-8)19(22)24-9/h12-15H,7,10-11H2,1-6,8-9H3/b17-12-. The van der Waals surface area contributed by atoms with Crippen molar-refractivity contribution in [1.29, 1.82) is 0 Å². The number of hydrogen-bond donors (Lipinski definition) is 0. The van der Waals surface area contributed by atoms with E-state index in [0.717, 1.165) is 11.1 Å². The maximum atomic E-state index is 12.4. The van der Waals surface area contributed by atoms with E-state index < -0.39 is 25.4 Å². The zero-order valence-electron chi connectivity index (χ0n) is 17.1. The summed E-state index contributed by atoms with van der Waals surface area (Å²) < 4.78 is 9.87. The number of methoxy groups -OCH3 is 2. The highest BCUT2D eigenvalue weighted by atomic mass is 28.3. The Balaban J connectivity index is 3.47. The average Bonchev–Trinajstić information content (AvgIpc) is 2.87. The first kappa shape index (κ1) is 21.7. The SMILES string of the molecule is C=C1CC(C(=O)OC)(C(=O)OC)C/C1=C/[Si](C(C)C)(C(C)C)C(C)C. The van der Waals surface area contributed by atoms with Gasteiger partial charge in [0.2, 0.25) is 0 Å². The number of allylic oxidation sites excluding steroid dienone is 2. The van der Waals surface area contributed by atoms with Crippen molar-refractivity contribution in [1.82, 2.24) is 0 Å². The van der Waals surface area contributed by atoms with Gasteiger partial charge in [0.25, 0.3) is 0 Å². The topological polar surface area (TPSA) is 52.6 Å². The summed E-state index contributed by atoms with van der Waals surface area (Å²) in [5, 5.41) is 0. The number of carbonyl (C=O) groups is 2. The molecule has 1 aliphatic carbocycles. The zero-order valence-corrected chi connectivity index (χ0v) is 18.1. The molecule has 0 radical (unpaired) electrons. The molecule has 0 aliphatic heterocycles. The van der Waals surface area contributed by atoms with Crippen molar-refractivity contribution in [2.75, 3.05) is 14.2 Å². The van der Waals surface area contributed by atoms with Crippen LogP contribution < -0.4 is 0 Å². The summed E-state index contributed by atoms with van der Waals surface area (Å²) in [5.41, 5.74) is 4.69. The smallest absolute Gasteiger partial charge is 0.323 e. The van der Waals surface area contributed by atoms with Gasteiger partial charge in [0, 0.05) is 0 Å². The van der Waals surface area contributed by atoms with Crippen LogP contribution in [0, 0.1) is 5.41 Å². The molecule has 25 heavy (non-hydrogen) atoms. The van der Waals surface area contributed by atoms with E-state index >= 15 is 0 Å². The minimum Gasteiger partial charge on any atom is -0.468 e. The summed E-state index contributed by atoms with van der Waals surface area (Å²) in [5.74, 6) is -1.07. The van der Waals surface area contributed by atoms with Gasteiger partial charge >= 0.3 is 11.9 Å². The van der Waals surface area contributed by atoms with E-state index in [9.17, 15) is 9.59 Å². The van der Waals surface area contributed by atoms with Crippen LogP contribution in [0.3, 0.4) is 0 Å². The molecule has 0 amide bonds. The Labute approximate surface area is 153 Å². The maximum Gasteiger partial charge on any atom is 0.323 e. The third kappa shape index (κ3) is 3.62. The fourth-order valence-corrected chi connectivity index (χ4v) is 10.6. The monoisotopic (exact) mass is 366 g/mol. The van der Waals surface area contributed by atoms with Crippen molar-refractivity contribution in [3.63, 3.8) is 0 Å². The van der Waals surface area contributed by atoms with Gasteiger partial charge in [-0.05, 0) is 29.5 Å². The number of rotatable bonds is 6. The molecule has 0 unspecified atom stereocenters. The highest BCUT2D eigenvalue weighted by Gasteiger charge is 2.54. The molecule has 0 aromatic heterocycles. The second-order valence-corrected chi connectivity index (χ2v) is 13.9. The van der Waals surface area contributed by atoms with Gasteiger partial charge in [-0.25, -0.2) is 0 Å². The molecular weight excluding hydrogens is 332 g/mol. The van der Waals surface area contributed by atoms with Crippen LogP contribution in [0.5, 0.6) is 0 Å². The second kappa shape index (κ2) is 7.90. The van der Waals surface area contributed by atoms with Crippen LogP contribution >= 0.6 is 0 Å². The van der Waals surface area contributed by atoms with Gasteiger partial charge in [-0.3, -0.25) is 9.59 Å². The van der Waals surface area contributed by atoms with Crippen LogP contribution in [0.4, 0.5) is 0 Å². The lowest BCUT2D eigenvalue weighted by Gasteiger charge is -2.41. The van der Waals surface area contributed by atoms with Crippen LogP contribution in [0.2, 0.25) is 16.6 Å². The molecule has 0 aromatic carbocycles. The number of esters is 2. The second-order valence-electron chi connectivity index (χ2n) is 8.16. The third-order valence-corrected chi connectivity index (χ3v) is 12.9. The van der Waals surface area contributed by atoms with E-state index in [0.29, 0.717) is 23.0 Å². The van der Waals surface area contributed by atoms with Crippen LogP contribution in [-0.2, 0) is 19.1 Å². The molecule has 142 valence electrons. The van der Waals surface area contributed by atoms with Gasteiger partial charge in [0.05, 0.1) is 22.3 Å². The maximum absolute atomic E-state index is 12.4. The molecule has 1 rings (SSSR count).